The van der Waals surface area contributed by atoms with Crippen LogP contribution in [-0.2, 0) is 19.1 Å². The molecular weight excluding hydrogens is 338 g/mol. The Bertz CT molecular complexity index is 719. The summed E-state index contributed by atoms with van der Waals surface area (Å²) < 4.78 is 4.88. The van der Waals surface area contributed by atoms with Crippen LogP contribution in [-0.4, -0.2) is 37.0 Å². The van der Waals surface area contributed by atoms with Crippen LogP contribution in [0.25, 0.3) is 0 Å². The SMILES string of the molecule is CC[C@H](C)c1ccccc1N1C[C@H](C(=O)OCC(=O)NC(N)=O)CC1=O. The van der Waals surface area contributed by atoms with Gasteiger partial charge in [-0.25, -0.2) is 4.79 Å². The number of urea groups is 1. The summed E-state index contributed by atoms with van der Waals surface area (Å²) in [6, 6.07) is 6.61. The molecule has 0 bridgehead atoms. The highest BCUT2D eigenvalue weighted by Crippen LogP contribution is 2.33. The molecule has 0 spiro atoms. The van der Waals surface area contributed by atoms with Gasteiger partial charge in [-0.15, -0.1) is 0 Å². The third kappa shape index (κ3) is 4.59. The molecule has 0 saturated carbocycles. The summed E-state index contributed by atoms with van der Waals surface area (Å²) >= 11 is 0. The van der Waals surface area contributed by atoms with Crippen LogP contribution in [0.15, 0.2) is 24.3 Å². The number of nitrogens with two attached hydrogens (primary N) is 1. The minimum atomic E-state index is -1.02. The first-order valence-electron chi connectivity index (χ1n) is 8.48. The highest BCUT2D eigenvalue weighted by atomic mass is 16.5. The number of nitrogens with zero attached hydrogens (tertiary/aromatic N) is 1. The lowest BCUT2D eigenvalue weighted by Crippen LogP contribution is -2.38. The average molecular weight is 361 g/mol. The van der Waals surface area contributed by atoms with Crippen molar-refractivity contribution in [3.63, 3.8) is 0 Å². The van der Waals surface area contributed by atoms with Gasteiger partial charge >= 0.3 is 12.0 Å². The summed E-state index contributed by atoms with van der Waals surface area (Å²) in [4.78, 5) is 48.0. The van der Waals surface area contributed by atoms with Gasteiger partial charge in [0, 0.05) is 18.7 Å². The summed E-state index contributed by atoms with van der Waals surface area (Å²) in [6.07, 6.45) is 0.949. The van der Waals surface area contributed by atoms with Crippen LogP contribution in [0.1, 0.15) is 38.2 Å². The van der Waals surface area contributed by atoms with Crippen molar-refractivity contribution in [1.82, 2.24) is 5.32 Å². The van der Waals surface area contributed by atoms with Crippen molar-refractivity contribution in [2.24, 2.45) is 11.7 Å². The number of imide groups is 1. The lowest BCUT2D eigenvalue weighted by atomic mass is 9.96. The van der Waals surface area contributed by atoms with Crippen LogP contribution < -0.4 is 16.0 Å². The van der Waals surface area contributed by atoms with Gasteiger partial charge in [0.15, 0.2) is 6.61 Å². The number of ether oxygens (including phenoxy) is 1. The molecule has 8 nitrogen and oxygen atoms in total. The average Bonchev–Trinajstić information content (AvgIpc) is 3.00. The number of carbonyl (C=O) groups excluding carboxylic acids is 4. The zero-order valence-corrected chi connectivity index (χ0v) is 14.9. The van der Waals surface area contributed by atoms with Crippen LogP contribution in [0, 0.1) is 5.92 Å². The number of anilines is 1. The van der Waals surface area contributed by atoms with Crippen molar-refractivity contribution in [2.45, 2.75) is 32.6 Å². The Morgan fingerprint density at radius 1 is 1.35 bits per heavy atom. The zero-order valence-electron chi connectivity index (χ0n) is 14.9. The number of esters is 1. The van der Waals surface area contributed by atoms with Gasteiger partial charge in [0.2, 0.25) is 5.91 Å². The Morgan fingerprint density at radius 2 is 2.04 bits per heavy atom. The normalized spacial score (nSPS) is 17.7. The predicted molar refractivity (Wildman–Crippen MR) is 94.3 cm³/mol. The molecule has 0 radical (unpaired) electrons. The van der Waals surface area contributed by atoms with Crippen LogP contribution in [0.4, 0.5) is 10.5 Å². The van der Waals surface area contributed by atoms with E-state index in [0.29, 0.717) is 0 Å². The standard InChI is InChI=1S/C18H23N3O5/c1-3-11(2)13-6-4-5-7-14(13)21-9-12(8-16(21)23)17(24)26-10-15(22)20-18(19)25/h4-7,11-12H,3,8-10H2,1-2H3,(H3,19,20,22,25)/t11-,12+/m0/s1. The van der Waals surface area contributed by atoms with Gasteiger partial charge in [-0.05, 0) is 24.0 Å². The number of rotatable bonds is 6. The number of hydrogen-bond acceptors (Lipinski definition) is 5. The molecule has 1 aromatic carbocycles. The quantitative estimate of drug-likeness (QED) is 0.740. The Labute approximate surface area is 151 Å². The Balaban J connectivity index is 2.04. The number of amides is 4. The summed E-state index contributed by atoms with van der Waals surface area (Å²) in [5, 5.41) is 1.80. The number of benzene rings is 1. The minimum absolute atomic E-state index is 0.0190. The summed E-state index contributed by atoms with van der Waals surface area (Å²) in [7, 11) is 0. The maximum absolute atomic E-state index is 12.4. The Kier molecular flexibility index (Phi) is 6.32. The molecule has 2 atom stereocenters. The first kappa shape index (κ1) is 19.4. The van der Waals surface area contributed by atoms with Gasteiger partial charge in [0.05, 0.1) is 5.92 Å². The van der Waals surface area contributed by atoms with E-state index < -0.39 is 30.4 Å². The summed E-state index contributed by atoms with van der Waals surface area (Å²) in [5.74, 6) is -2.00. The van der Waals surface area contributed by atoms with E-state index in [2.05, 4.69) is 13.8 Å². The van der Waals surface area contributed by atoms with E-state index in [9.17, 15) is 19.2 Å². The fourth-order valence-electron chi connectivity index (χ4n) is 2.90. The van der Waals surface area contributed by atoms with Gasteiger partial charge < -0.3 is 15.4 Å². The fraction of sp³-hybridized carbons (Fsp3) is 0.444. The van der Waals surface area contributed by atoms with Gasteiger partial charge in [0.1, 0.15) is 0 Å². The molecule has 8 heteroatoms. The van der Waals surface area contributed by atoms with E-state index in [1.165, 1.54) is 0 Å². The first-order chi connectivity index (χ1) is 12.3. The highest BCUT2D eigenvalue weighted by Gasteiger charge is 2.37. The molecule has 1 saturated heterocycles. The molecule has 2 rings (SSSR count). The van der Waals surface area contributed by atoms with Crippen LogP contribution in [0.5, 0.6) is 0 Å². The number of para-hydroxylation sites is 1. The van der Waals surface area contributed by atoms with Gasteiger partial charge in [-0.3, -0.25) is 19.7 Å². The molecule has 26 heavy (non-hydrogen) atoms. The Hall–Kier alpha value is -2.90. The molecule has 1 aromatic rings. The van der Waals surface area contributed by atoms with Crippen LogP contribution in [0.3, 0.4) is 0 Å². The Morgan fingerprint density at radius 3 is 2.69 bits per heavy atom. The number of carbonyl (C=O) groups is 4. The minimum Gasteiger partial charge on any atom is -0.455 e. The van der Waals surface area contributed by atoms with Crippen LogP contribution >= 0.6 is 0 Å². The number of primary amides is 1. The highest BCUT2D eigenvalue weighted by molar-refractivity contribution is 6.00. The third-order valence-corrected chi connectivity index (χ3v) is 4.44. The van der Waals surface area contributed by atoms with E-state index >= 15 is 0 Å². The van der Waals surface area contributed by atoms with E-state index in [1.807, 2.05) is 24.3 Å². The third-order valence-electron chi connectivity index (χ3n) is 4.44. The maximum atomic E-state index is 12.4. The molecule has 4 amide bonds. The van der Waals surface area contributed by atoms with Crippen molar-refractivity contribution < 1.29 is 23.9 Å². The number of hydrogen-bond donors (Lipinski definition) is 2. The lowest BCUT2D eigenvalue weighted by molar-refractivity contribution is -0.152. The monoisotopic (exact) mass is 361 g/mol. The lowest BCUT2D eigenvalue weighted by Gasteiger charge is -2.23. The molecule has 0 aromatic heterocycles. The molecule has 1 heterocycles. The largest absolute Gasteiger partial charge is 0.455 e. The molecule has 0 aliphatic carbocycles. The summed E-state index contributed by atoms with van der Waals surface area (Å²) in [6.45, 7) is 3.74. The molecule has 3 N–H and O–H groups in total. The van der Waals surface area contributed by atoms with Crippen molar-refractivity contribution in [3.05, 3.63) is 29.8 Å². The predicted octanol–water partition coefficient (Wildman–Crippen LogP) is 1.29. The molecule has 1 aliphatic heterocycles. The maximum Gasteiger partial charge on any atom is 0.318 e. The van der Waals surface area contributed by atoms with E-state index in [-0.39, 0.29) is 24.8 Å². The van der Waals surface area contributed by atoms with Crippen molar-refractivity contribution in [2.75, 3.05) is 18.1 Å². The molecule has 0 unspecified atom stereocenters. The van der Waals surface area contributed by atoms with Gasteiger partial charge in [-0.2, -0.15) is 0 Å². The molecule has 1 fully saturated rings. The smallest absolute Gasteiger partial charge is 0.318 e. The van der Waals surface area contributed by atoms with E-state index in [0.717, 1.165) is 17.7 Å². The van der Waals surface area contributed by atoms with Gasteiger partial charge in [0.25, 0.3) is 5.91 Å². The van der Waals surface area contributed by atoms with Gasteiger partial charge in [-0.1, -0.05) is 32.0 Å². The second-order valence-electron chi connectivity index (χ2n) is 6.29. The second kappa shape index (κ2) is 8.46. The topological polar surface area (TPSA) is 119 Å². The summed E-state index contributed by atoms with van der Waals surface area (Å²) in [5.41, 5.74) is 6.66. The zero-order chi connectivity index (χ0) is 19.3. The molecule has 140 valence electrons. The molecular formula is C18H23N3O5. The fourth-order valence-corrected chi connectivity index (χ4v) is 2.90. The van der Waals surface area contributed by atoms with Crippen LogP contribution in [0.2, 0.25) is 0 Å². The molecule has 1 aliphatic rings. The van der Waals surface area contributed by atoms with Crippen molar-refractivity contribution in [3.8, 4) is 0 Å². The van der Waals surface area contributed by atoms with Crippen molar-refractivity contribution >= 4 is 29.5 Å². The van der Waals surface area contributed by atoms with E-state index in [4.69, 9.17) is 10.5 Å². The van der Waals surface area contributed by atoms with Crippen molar-refractivity contribution in [1.29, 1.82) is 0 Å². The van der Waals surface area contributed by atoms with E-state index in [1.54, 1.807) is 10.2 Å². The second-order valence-corrected chi connectivity index (χ2v) is 6.29. The first-order valence-corrected chi connectivity index (χ1v) is 8.48. The number of nitrogens with one attached hydrogen (secondary N) is 1.